The summed E-state index contributed by atoms with van der Waals surface area (Å²) in [6, 6.07) is 19.8. The van der Waals surface area contributed by atoms with E-state index in [1.165, 1.54) is 0 Å². The summed E-state index contributed by atoms with van der Waals surface area (Å²) in [6.07, 6.45) is 2.47. The molecule has 6 nitrogen and oxygen atoms in total. The van der Waals surface area contributed by atoms with Crippen LogP contribution in [0, 0.1) is 0 Å². The minimum absolute atomic E-state index is 0.309. The predicted octanol–water partition coefficient (Wildman–Crippen LogP) is 5.48. The van der Waals surface area contributed by atoms with Crippen LogP contribution in [0.15, 0.2) is 71.8 Å². The number of carbonyl (C=O) groups is 1. The van der Waals surface area contributed by atoms with Gasteiger partial charge in [0.2, 0.25) is 0 Å². The maximum absolute atomic E-state index is 12.3. The highest BCUT2D eigenvalue weighted by atomic mass is 35.5. The number of halogens is 1. The summed E-state index contributed by atoms with van der Waals surface area (Å²) in [6.45, 7) is 3.05. The van der Waals surface area contributed by atoms with Gasteiger partial charge in [0.15, 0.2) is 11.5 Å². The lowest BCUT2D eigenvalue weighted by Crippen LogP contribution is -2.17. The Hall–Kier alpha value is -3.51. The van der Waals surface area contributed by atoms with Crippen molar-refractivity contribution in [1.82, 2.24) is 5.43 Å². The Bertz CT molecular complexity index is 1070. The average Bonchev–Trinajstić information content (AvgIpc) is 2.82. The number of carbonyl (C=O) groups excluding carboxylic acids is 1. The van der Waals surface area contributed by atoms with E-state index in [2.05, 4.69) is 10.5 Å². The summed E-state index contributed by atoms with van der Waals surface area (Å²) in [5.41, 5.74) is 4.72. The first kappa shape index (κ1) is 23.2. The van der Waals surface area contributed by atoms with Gasteiger partial charge in [0.25, 0.3) is 5.91 Å². The summed E-state index contributed by atoms with van der Waals surface area (Å²) in [7, 11) is 1.57. The second-order valence-corrected chi connectivity index (χ2v) is 7.34. The lowest BCUT2D eigenvalue weighted by Gasteiger charge is -2.11. The summed E-state index contributed by atoms with van der Waals surface area (Å²) in [4.78, 5) is 12.3. The molecule has 0 aliphatic heterocycles. The van der Waals surface area contributed by atoms with Gasteiger partial charge in [-0.1, -0.05) is 30.7 Å². The molecule has 0 heterocycles. The summed E-state index contributed by atoms with van der Waals surface area (Å²) in [5, 5.41) is 4.69. The number of ether oxygens (including phenoxy) is 3. The van der Waals surface area contributed by atoms with Crippen LogP contribution in [0.4, 0.5) is 0 Å². The van der Waals surface area contributed by atoms with E-state index in [0.717, 1.165) is 23.3 Å². The zero-order valence-corrected chi connectivity index (χ0v) is 18.8. The van der Waals surface area contributed by atoms with E-state index in [1.807, 2.05) is 37.3 Å². The van der Waals surface area contributed by atoms with Crippen LogP contribution in [0.25, 0.3) is 0 Å². The molecule has 32 heavy (non-hydrogen) atoms. The quantitative estimate of drug-likeness (QED) is 0.326. The van der Waals surface area contributed by atoms with E-state index in [0.29, 0.717) is 35.3 Å². The van der Waals surface area contributed by atoms with Crippen LogP contribution >= 0.6 is 11.6 Å². The number of amides is 1. The van der Waals surface area contributed by atoms with Crippen molar-refractivity contribution in [2.24, 2.45) is 5.10 Å². The molecular weight excluding hydrogens is 428 g/mol. The van der Waals surface area contributed by atoms with Gasteiger partial charge < -0.3 is 14.2 Å². The van der Waals surface area contributed by atoms with Gasteiger partial charge in [0.1, 0.15) is 12.4 Å². The fourth-order valence-electron chi connectivity index (χ4n) is 2.82. The first-order valence-electron chi connectivity index (χ1n) is 10.2. The molecule has 0 aromatic heterocycles. The van der Waals surface area contributed by atoms with Crippen molar-refractivity contribution in [2.45, 2.75) is 20.0 Å². The molecule has 166 valence electrons. The number of benzene rings is 3. The van der Waals surface area contributed by atoms with Crippen LogP contribution in [0.2, 0.25) is 5.02 Å². The monoisotopic (exact) mass is 452 g/mol. The molecule has 0 bridgehead atoms. The molecule has 1 N–H and O–H groups in total. The molecule has 0 saturated heterocycles. The minimum atomic E-state index is -0.309. The maximum atomic E-state index is 12.3. The number of rotatable bonds is 10. The fraction of sp³-hybridized carbons (Fsp3) is 0.200. The second-order valence-electron chi connectivity index (χ2n) is 6.90. The molecule has 0 unspecified atom stereocenters. The first-order chi connectivity index (χ1) is 15.6. The van der Waals surface area contributed by atoms with E-state index in [-0.39, 0.29) is 5.91 Å². The second kappa shape index (κ2) is 11.8. The van der Waals surface area contributed by atoms with Gasteiger partial charge >= 0.3 is 0 Å². The molecule has 0 atom stereocenters. The highest BCUT2D eigenvalue weighted by Crippen LogP contribution is 2.28. The molecular formula is C25H25ClN2O4. The Balaban J connectivity index is 1.57. The Morgan fingerprint density at radius 3 is 2.56 bits per heavy atom. The van der Waals surface area contributed by atoms with Crippen LogP contribution < -0.4 is 19.6 Å². The van der Waals surface area contributed by atoms with E-state index in [1.54, 1.807) is 49.7 Å². The number of hydrogen-bond donors (Lipinski definition) is 1. The SMILES string of the molecule is CCCOc1ccc(C(=O)N/N=C\c2ccc(OCc3cccc(Cl)c3)c(OC)c2)cc1. The average molecular weight is 453 g/mol. The van der Waals surface area contributed by atoms with Gasteiger partial charge in [-0.2, -0.15) is 5.10 Å². The van der Waals surface area contributed by atoms with Gasteiger partial charge in [0.05, 0.1) is 19.9 Å². The molecule has 0 aliphatic carbocycles. The van der Waals surface area contributed by atoms with Crippen LogP contribution in [0.5, 0.6) is 17.2 Å². The molecule has 0 saturated carbocycles. The zero-order chi connectivity index (χ0) is 22.8. The standard InChI is InChI=1S/C25H25ClN2O4/c1-3-13-31-22-10-8-20(9-11-22)25(29)28-27-16-18-7-12-23(24(15-18)30-2)32-17-19-5-4-6-21(26)14-19/h4-12,14-16H,3,13,17H2,1-2H3,(H,28,29)/b27-16-. The molecule has 0 fully saturated rings. The van der Waals surface area contributed by atoms with Crippen molar-refractivity contribution in [3.8, 4) is 17.2 Å². The summed E-state index contributed by atoms with van der Waals surface area (Å²) in [5.74, 6) is 1.58. The normalized spacial score (nSPS) is 10.7. The third-order valence-corrected chi connectivity index (χ3v) is 4.68. The lowest BCUT2D eigenvalue weighted by atomic mass is 10.2. The van der Waals surface area contributed by atoms with Crippen molar-refractivity contribution in [3.05, 3.63) is 88.4 Å². The van der Waals surface area contributed by atoms with Crippen LogP contribution in [0.1, 0.15) is 34.8 Å². The van der Waals surface area contributed by atoms with Crippen LogP contribution in [-0.2, 0) is 6.61 Å². The van der Waals surface area contributed by atoms with E-state index in [4.69, 9.17) is 25.8 Å². The lowest BCUT2D eigenvalue weighted by molar-refractivity contribution is 0.0955. The number of nitrogens with zero attached hydrogens (tertiary/aromatic N) is 1. The van der Waals surface area contributed by atoms with E-state index < -0.39 is 0 Å². The molecule has 0 aliphatic rings. The highest BCUT2D eigenvalue weighted by molar-refractivity contribution is 6.30. The van der Waals surface area contributed by atoms with Crippen molar-refractivity contribution in [2.75, 3.05) is 13.7 Å². The van der Waals surface area contributed by atoms with Crippen LogP contribution in [0.3, 0.4) is 0 Å². The topological polar surface area (TPSA) is 69.2 Å². The van der Waals surface area contributed by atoms with E-state index in [9.17, 15) is 4.79 Å². The van der Waals surface area contributed by atoms with Crippen LogP contribution in [-0.4, -0.2) is 25.8 Å². The third kappa shape index (κ3) is 6.75. The number of hydrazone groups is 1. The van der Waals surface area contributed by atoms with Gasteiger partial charge in [-0.25, -0.2) is 5.43 Å². The number of nitrogens with one attached hydrogen (secondary N) is 1. The third-order valence-electron chi connectivity index (χ3n) is 4.44. The fourth-order valence-corrected chi connectivity index (χ4v) is 3.04. The molecule has 0 spiro atoms. The predicted molar refractivity (Wildman–Crippen MR) is 126 cm³/mol. The van der Waals surface area contributed by atoms with Gasteiger partial charge in [-0.3, -0.25) is 4.79 Å². The van der Waals surface area contributed by atoms with E-state index >= 15 is 0 Å². The zero-order valence-electron chi connectivity index (χ0n) is 18.0. The molecule has 3 rings (SSSR count). The Morgan fingerprint density at radius 2 is 1.84 bits per heavy atom. The smallest absolute Gasteiger partial charge is 0.271 e. The highest BCUT2D eigenvalue weighted by Gasteiger charge is 2.07. The van der Waals surface area contributed by atoms with Crippen molar-refractivity contribution >= 4 is 23.7 Å². The van der Waals surface area contributed by atoms with Gasteiger partial charge in [-0.15, -0.1) is 0 Å². The molecule has 1 amide bonds. The molecule has 7 heteroatoms. The summed E-state index contributed by atoms with van der Waals surface area (Å²) >= 11 is 6.01. The molecule has 3 aromatic rings. The van der Waals surface area contributed by atoms with Crippen molar-refractivity contribution < 1.29 is 19.0 Å². The number of hydrogen-bond acceptors (Lipinski definition) is 5. The number of methoxy groups -OCH3 is 1. The van der Waals surface area contributed by atoms with Crippen molar-refractivity contribution in [1.29, 1.82) is 0 Å². The van der Waals surface area contributed by atoms with Crippen molar-refractivity contribution in [3.63, 3.8) is 0 Å². The van der Waals surface area contributed by atoms with Gasteiger partial charge in [0, 0.05) is 10.6 Å². The Morgan fingerprint density at radius 1 is 1.03 bits per heavy atom. The Kier molecular flexibility index (Phi) is 8.52. The minimum Gasteiger partial charge on any atom is -0.494 e. The Labute approximate surface area is 192 Å². The molecule has 3 aromatic carbocycles. The van der Waals surface area contributed by atoms with Gasteiger partial charge in [-0.05, 0) is 72.1 Å². The maximum Gasteiger partial charge on any atom is 0.271 e. The first-order valence-corrected chi connectivity index (χ1v) is 10.6. The largest absolute Gasteiger partial charge is 0.494 e. The summed E-state index contributed by atoms with van der Waals surface area (Å²) < 4.78 is 16.8. The molecule has 0 radical (unpaired) electrons.